The first-order valence-corrected chi connectivity index (χ1v) is 7.88. The van der Waals surface area contributed by atoms with Crippen molar-refractivity contribution in [3.05, 3.63) is 24.3 Å². The monoisotopic (exact) mass is 305 g/mol. The minimum atomic E-state index is -0.643. The first-order valence-electron chi connectivity index (χ1n) is 7.06. The molecule has 1 aliphatic rings. The maximum absolute atomic E-state index is 12.0. The molecule has 5 nitrogen and oxygen atoms in total. The van der Waals surface area contributed by atoms with Gasteiger partial charge in [-0.05, 0) is 18.1 Å². The summed E-state index contributed by atoms with van der Waals surface area (Å²) in [4.78, 5) is 18.3. The number of thiazole rings is 1. The van der Waals surface area contributed by atoms with Crippen molar-refractivity contribution in [1.29, 1.82) is 0 Å². The Hall–Kier alpha value is -1.50. The molecule has 2 aromatic rings. The summed E-state index contributed by atoms with van der Waals surface area (Å²) in [6.07, 6.45) is 0. The van der Waals surface area contributed by atoms with Crippen molar-refractivity contribution in [1.82, 2.24) is 9.88 Å². The normalized spacial score (nSPS) is 17.9. The van der Waals surface area contributed by atoms with E-state index in [0.717, 1.165) is 10.2 Å². The first kappa shape index (κ1) is 14.4. The Bertz CT molecular complexity index is 629. The third kappa shape index (κ3) is 2.92. The van der Waals surface area contributed by atoms with Crippen LogP contribution in [0.2, 0.25) is 0 Å². The number of β-amino-alcohol motifs (C(OH)–C–C–N with tert-alkyl or cyclic N) is 1. The van der Waals surface area contributed by atoms with Crippen molar-refractivity contribution in [3.63, 3.8) is 0 Å². The highest BCUT2D eigenvalue weighted by Gasteiger charge is 2.43. The van der Waals surface area contributed by atoms with Gasteiger partial charge in [0, 0.05) is 13.1 Å². The van der Waals surface area contributed by atoms with Gasteiger partial charge in [-0.25, -0.2) is 4.98 Å². The first-order chi connectivity index (χ1) is 9.96. The van der Waals surface area contributed by atoms with Crippen LogP contribution in [-0.4, -0.2) is 46.1 Å². The number of nitrogens with zero attached hydrogens (tertiary/aromatic N) is 2. The highest BCUT2D eigenvalue weighted by molar-refractivity contribution is 7.22. The zero-order chi connectivity index (χ0) is 15.0. The van der Waals surface area contributed by atoms with Crippen molar-refractivity contribution in [2.45, 2.75) is 19.4 Å². The molecular formula is C15H19N3O2S. The van der Waals surface area contributed by atoms with Crippen molar-refractivity contribution >= 4 is 32.6 Å². The van der Waals surface area contributed by atoms with Crippen molar-refractivity contribution in [2.24, 2.45) is 5.92 Å². The maximum atomic E-state index is 12.0. The van der Waals surface area contributed by atoms with Crippen LogP contribution in [0.3, 0.4) is 0 Å². The lowest BCUT2D eigenvalue weighted by molar-refractivity contribution is -0.139. The van der Waals surface area contributed by atoms with E-state index >= 15 is 0 Å². The Balaban J connectivity index is 1.55. The number of hydrogen-bond acceptors (Lipinski definition) is 5. The summed E-state index contributed by atoms with van der Waals surface area (Å²) in [6.45, 7) is 5.40. The van der Waals surface area contributed by atoms with Crippen LogP contribution in [0.4, 0.5) is 5.13 Å². The van der Waals surface area contributed by atoms with Gasteiger partial charge in [-0.1, -0.05) is 37.3 Å². The zero-order valence-electron chi connectivity index (χ0n) is 12.2. The van der Waals surface area contributed by atoms with Crippen molar-refractivity contribution < 1.29 is 9.90 Å². The Morgan fingerprint density at radius 1 is 1.48 bits per heavy atom. The predicted octanol–water partition coefficient (Wildman–Crippen LogP) is 1.94. The molecule has 3 rings (SSSR count). The number of anilines is 1. The summed E-state index contributed by atoms with van der Waals surface area (Å²) >= 11 is 1.47. The van der Waals surface area contributed by atoms with E-state index in [4.69, 9.17) is 0 Å². The average molecular weight is 305 g/mol. The van der Waals surface area contributed by atoms with Crippen molar-refractivity contribution in [3.8, 4) is 0 Å². The van der Waals surface area contributed by atoms with E-state index in [0.29, 0.717) is 24.8 Å². The third-order valence-corrected chi connectivity index (χ3v) is 4.93. The van der Waals surface area contributed by atoms with E-state index in [1.54, 1.807) is 0 Å². The number of amides is 1. The molecule has 0 spiro atoms. The molecule has 1 fully saturated rings. The van der Waals surface area contributed by atoms with Gasteiger partial charge in [0.25, 0.3) is 0 Å². The standard InChI is InChI=1S/C15H19N3O2S/c1-10(2)15(20)8-18(9-15)7-13(19)17-14-16-11-5-3-4-6-12(11)21-14/h3-6,10,20H,7-9H2,1-2H3,(H,16,17,19). The lowest BCUT2D eigenvalue weighted by Gasteiger charge is -2.48. The molecule has 1 aliphatic heterocycles. The maximum Gasteiger partial charge on any atom is 0.240 e. The van der Waals surface area contributed by atoms with Gasteiger partial charge in [-0.3, -0.25) is 9.69 Å². The van der Waals surface area contributed by atoms with Crippen LogP contribution in [0.1, 0.15) is 13.8 Å². The van der Waals surface area contributed by atoms with Crippen LogP contribution >= 0.6 is 11.3 Å². The smallest absolute Gasteiger partial charge is 0.240 e. The van der Waals surface area contributed by atoms with E-state index in [2.05, 4.69) is 10.3 Å². The number of fused-ring (bicyclic) bond motifs is 1. The second-order valence-electron chi connectivity index (χ2n) is 5.94. The predicted molar refractivity (Wildman–Crippen MR) is 84.5 cm³/mol. The average Bonchev–Trinajstić information content (AvgIpc) is 2.78. The SMILES string of the molecule is CC(C)C1(O)CN(CC(=O)Nc2nc3ccccc3s2)C1. The highest BCUT2D eigenvalue weighted by atomic mass is 32.1. The zero-order valence-corrected chi connectivity index (χ0v) is 13.0. The quantitative estimate of drug-likeness (QED) is 0.906. The number of benzene rings is 1. The van der Waals surface area contributed by atoms with E-state index < -0.39 is 5.60 Å². The van der Waals surface area contributed by atoms with Crippen molar-refractivity contribution in [2.75, 3.05) is 25.0 Å². The number of rotatable bonds is 4. The van der Waals surface area contributed by atoms with Gasteiger partial charge in [-0.2, -0.15) is 0 Å². The number of likely N-dealkylation sites (tertiary alicyclic amines) is 1. The molecule has 2 N–H and O–H groups in total. The molecule has 0 aliphatic carbocycles. The summed E-state index contributed by atoms with van der Waals surface area (Å²) in [5.41, 5.74) is 0.256. The molecule has 112 valence electrons. The van der Waals surface area contributed by atoms with E-state index in [1.807, 2.05) is 43.0 Å². The van der Waals surface area contributed by atoms with Gasteiger partial charge in [0.2, 0.25) is 5.91 Å². The Kier molecular flexibility index (Phi) is 3.69. The molecule has 0 radical (unpaired) electrons. The van der Waals surface area contributed by atoms with Gasteiger partial charge in [-0.15, -0.1) is 0 Å². The van der Waals surface area contributed by atoms with Crippen LogP contribution in [0, 0.1) is 5.92 Å². The number of aliphatic hydroxyl groups is 1. The molecule has 21 heavy (non-hydrogen) atoms. The molecule has 0 bridgehead atoms. The number of para-hydroxylation sites is 1. The third-order valence-electron chi connectivity index (χ3n) is 3.98. The number of nitrogens with one attached hydrogen (secondary N) is 1. The van der Waals surface area contributed by atoms with Crippen LogP contribution in [0.15, 0.2) is 24.3 Å². The van der Waals surface area contributed by atoms with Gasteiger partial charge >= 0.3 is 0 Å². The number of carbonyl (C=O) groups is 1. The van der Waals surface area contributed by atoms with Gasteiger partial charge in [0.15, 0.2) is 5.13 Å². The van der Waals surface area contributed by atoms with E-state index in [1.165, 1.54) is 11.3 Å². The summed E-state index contributed by atoms with van der Waals surface area (Å²) in [6, 6.07) is 7.81. The second-order valence-corrected chi connectivity index (χ2v) is 6.97. The number of hydrogen-bond donors (Lipinski definition) is 2. The molecule has 0 saturated carbocycles. The van der Waals surface area contributed by atoms with Crippen LogP contribution in [0.5, 0.6) is 0 Å². The second kappa shape index (κ2) is 5.36. The van der Waals surface area contributed by atoms with Crippen LogP contribution < -0.4 is 5.32 Å². The molecule has 1 saturated heterocycles. The fourth-order valence-corrected chi connectivity index (χ4v) is 3.37. The molecule has 0 atom stereocenters. The fraction of sp³-hybridized carbons (Fsp3) is 0.467. The van der Waals surface area contributed by atoms with Crippen LogP contribution in [0.25, 0.3) is 10.2 Å². The minimum Gasteiger partial charge on any atom is -0.387 e. The molecule has 0 unspecified atom stereocenters. The minimum absolute atomic E-state index is 0.0835. The fourth-order valence-electron chi connectivity index (χ4n) is 2.49. The van der Waals surface area contributed by atoms with E-state index in [9.17, 15) is 9.90 Å². The molecule has 1 aromatic heterocycles. The topological polar surface area (TPSA) is 65.5 Å². The molecular weight excluding hydrogens is 286 g/mol. The molecule has 1 amide bonds. The van der Waals surface area contributed by atoms with Gasteiger partial charge in [0.1, 0.15) is 0 Å². The lowest BCUT2D eigenvalue weighted by atomic mass is 9.83. The lowest BCUT2D eigenvalue weighted by Crippen LogP contribution is -2.65. The van der Waals surface area contributed by atoms with Gasteiger partial charge in [0.05, 0.1) is 22.4 Å². The summed E-state index contributed by atoms with van der Waals surface area (Å²) < 4.78 is 1.06. The summed E-state index contributed by atoms with van der Waals surface area (Å²) in [5, 5.41) is 13.6. The Labute approximate surface area is 127 Å². The van der Waals surface area contributed by atoms with Gasteiger partial charge < -0.3 is 10.4 Å². The Morgan fingerprint density at radius 3 is 2.86 bits per heavy atom. The highest BCUT2D eigenvalue weighted by Crippen LogP contribution is 2.29. The Morgan fingerprint density at radius 2 is 2.19 bits per heavy atom. The van der Waals surface area contributed by atoms with Crippen LogP contribution in [-0.2, 0) is 4.79 Å². The largest absolute Gasteiger partial charge is 0.387 e. The number of aromatic nitrogens is 1. The summed E-state index contributed by atoms with van der Waals surface area (Å²) in [7, 11) is 0. The number of carbonyl (C=O) groups excluding carboxylic acids is 1. The molecule has 1 aromatic carbocycles. The molecule has 2 heterocycles. The molecule has 6 heteroatoms. The van der Waals surface area contributed by atoms with E-state index in [-0.39, 0.29) is 11.8 Å². The summed E-state index contributed by atoms with van der Waals surface area (Å²) in [5.74, 6) is 0.126.